The molecule has 0 atom stereocenters. The Morgan fingerprint density at radius 2 is 1.74 bits per heavy atom. The number of nitrogens with one attached hydrogen (secondary N) is 2. The van der Waals surface area contributed by atoms with Gasteiger partial charge < -0.3 is 5.32 Å². The van der Waals surface area contributed by atoms with E-state index in [4.69, 9.17) is 23.2 Å². The van der Waals surface area contributed by atoms with E-state index in [0.29, 0.717) is 22.4 Å². The van der Waals surface area contributed by atoms with E-state index in [9.17, 15) is 4.79 Å². The van der Waals surface area contributed by atoms with Crippen molar-refractivity contribution >= 4 is 35.1 Å². The van der Waals surface area contributed by atoms with Gasteiger partial charge in [0.05, 0.1) is 5.02 Å². The molecule has 1 aromatic carbocycles. The Kier molecular flexibility index (Phi) is 4.60. The van der Waals surface area contributed by atoms with Crippen LogP contribution in [0.15, 0.2) is 42.6 Å². The SMILES string of the molecule is O=C(NCc1ccc(Cl)cc1)Nc1ccc(Cl)cn1. The van der Waals surface area contributed by atoms with Crippen LogP contribution in [0.3, 0.4) is 0 Å². The second-order valence-electron chi connectivity index (χ2n) is 3.80. The number of benzene rings is 1. The van der Waals surface area contributed by atoms with Crippen LogP contribution in [-0.2, 0) is 6.54 Å². The van der Waals surface area contributed by atoms with E-state index in [1.807, 2.05) is 12.1 Å². The van der Waals surface area contributed by atoms with Gasteiger partial charge in [0.1, 0.15) is 5.82 Å². The largest absolute Gasteiger partial charge is 0.334 e. The van der Waals surface area contributed by atoms with Crippen molar-refractivity contribution in [2.75, 3.05) is 5.32 Å². The van der Waals surface area contributed by atoms with Crippen LogP contribution in [0.5, 0.6) is 0 Å². The second-order valence-corrected chi connectivity index (χ2v) is 4.67. The lowest BCUT2D eigenvalue weighted by atomic mass is 10.2. The summed E-state index contributed by atoms with van der Waals surface area (Å²) in [6.07, 6.45) is 1.47. The third-order valence-corrected chi connectivity index (χ3v) is 2.81. The third kappa shape index (κ3) is 4.43. The van der Waals surface area contributed by atoms with Crippen molar-refractivity contribution in [2.45, 2.75) is 6.54 Å². The Bertz CT molecular complexity index is 555. The minimum Gasteiger partial charge on any atom is -0.334 e. The number of rotatable bonds is 3. The fraction of sp³-hybridized carbons (Fsp3) is 0.0769. The van der Waals surface area contributed by atoms with Gasteiger partial charge in [-0.25, -0.2) is 9.78 Å². The minimum atomic E-state index is -0.329. The molecule has 0 spiro atoms. The van der Waals surface area contributed by atoms with Crippen LogP contribution in [-0.4, -0.2) is 11.0 Å². The lowest BCUT2D eigenvalue weighted by Gasteiger charge is -2.07. The number of urea groups is 1. The van der Waals surface area contributed by atoms with Gasteiger partial charge in [-0.15, -0.1) is 0 Å². The molecule has 0 bridgehead atoms. The minimum absolute atomic E-state index is 0.329. The number of pyridine rings is 1. The number of halogens is 2. The Hall–Kier alpha value is -1.78. The molecule has 1 heterocycles. The standard InChI is InChI=1S/C13H11Cl2N3O/c14-10-3-1-9(2-4-10)7-17-13(19)18-12-6-5-11(15)8-16-12/h1-6,8H,7H2,(H2,16,17,18,19). The summed E-state index contributed by atoms with van der Waals surface area (Å²) in [6.45, 7) is 0.413. The van der Waals surface area contributed by atoms with E-state index in [1.54, 1.807) is 24.3 Å². The summed E-state index contributed by atoms with van der Waals surface area (Å²) < 4.78 is 0. The molecule has 2 rings (SSSR count). The van der Waals surface area contributed by atoms with E-state index in [0.717, 1.165) is 5.56 Å². The summed E-state index contributed by atoms with van der Waals surface area (Å²) in [4.78, 5) is 15.6. The van der Waals surface area contributed by atoms with Crippen LogP contribution in [0.25, 0.3) is 0 Å². The molecular formula is C13H11Cl2N3O. The zero-order valence-corrected chi connectivity index (χ0v) is 11.4. The number of hydrogen-bond donors (Lipinski definition) is 2. The predicted octanol–water partition coefficient (Wildman–Crippen LogP) is 3.71. The van der Waals surface area contributed by atoms with Crippen molar-refractivity contribution in [1.29, 1.82) is 0 Å². The lowest BCUT2D eigenvalue weighted by Crippen LogP contribution is -2.28. The molecule has 0 aliphatic carbocycles. The smallest absolute Gasteiger partial charge is 0.320 e. The first kappa shape index (κ1) is 13.6. The van der Waals surface area contributed by atoms with Crippen LogP contribution >= 0.6 is 23.2 Å². The van der Waals surface area contributed by atoms with Gasteiger partial charge in [-0.2, -0.15) is 0 Å². The Morgan fingerprint density at radius 3 is 2.37 bits per heavy atom. The maximum atomic E-state index is 11.6. The number of amides is 2. The van der Waals surface area contributed by atoms with Gasteiger partial charge in [0, 0.05) is 17.8 Å². The van der Waals surface area contributed by atoms with Gasteiger partial charge in [0.2, 0.25) is 0 Å². The molecule has 0 saturated carbocycles. The summed E-state index contributed by atoms with van der Waals surface area (Å²) in [6, 6.07) is 10.2. The molecule has 0 aliphatic heterocycles. The number of hydrogen-bond acceptors (Lipinski definition) is 2. The van der Waals surface area contributed by atoms with Crippen LogP contribution < -0.4 is 10.6 Å². The van der Waals surface area contributed by atoms with Crippen LogP contribution in [0.4, 0.5) is 10.6 Å². The van der Waals surface area contributed by atoms with Gasteiger partial charge in [-0.05, 0) is 29.8 Å². The molecular weight excluding hydrogens is 285 g/mol. The zero-order chi connectivity index (χ0) is 13.7. The molecule has 98 valence electrons. The second kappa shape index (κ2) is 6.41. The molecule has 4 nitrogen and oxygen atoms in total. The molecule has 2 amide bonds. The fourth-order valence-electron chi connectivity index (χ4n) is 1.39. The van der Waals surface area contributed by atoms with Gasteiger partial charge >= 0.3 is 6.03 Å². The summed E-state index contributed by atoms with van der Waals surface area (Å²) in [5.74, 6) is 0.443. The molecule has 0 unspecified atom stereocenters. The maximum absolute atomic E-state index is 11.6. The average molecular weight is 296 g/mol. The Balaban J connectivity index is 1.84. The van der Waals surface area contributed by atoms with E-state index in [1.165, 1.54) is 6.20 Å². The average Bonchev–Trinajstić information content (AvgIpc) is 2.41. The zero-order valence-electron chi connectivity index (χ0n) is 9.86. The Labute approximate surface area is 120 Å². The molecule has 6 heteroatoms. The predicted molar refractivity (Wildman–Crippen MR) is 76.6 cm³/mol. The highest BCUT2D eigenvalue weighted by molar-refractivity contribution is 6.30. The third-order valence-electron chi connectivity index (χ3n) is 2.34. The number of aromatic nitrogens is 1. The van der Waals surface area contributed by atoms with Gasteiger partial charge in [-0.1, -0.05) is 35.3 Å². The van der Waals surface area contributed by atoms with Crippen molar-refractivity contribution in [2.24, 2.45) is 0 Å². The molecule has 0 saturated heterocycles. The van der Waals surface area contributed by atoms with Crippen LogP contribution in [0, 0.1) is 0 Å². The molecule has 0 fully saturated rings. The lowest BCUT2D eigenvalue weighted by molar-refractivity contribution is 0.251. The fourth-order valence-corrected chi connectivity index (χ4v) is 1.63. The molecule has 2 aromatic rings. The van der Waals surface area contributed by atoms with Gasteiger partial charge in [-0.3, -0.25) is 5.32 Å². The van der Waals surface area contributed by atoms with Crippen LogP contribution in [0.2, 0.25) is 10.0 Å². The highest BCUT2D eigenvalue weighted by Crippen LogP contribution is 2.10. The Morgan fingerprint density at radius 1 is 1.05 bits per heavy atom. The summed E-state index contributed by atoms with van der Waals surface area (Å²) >= 11 is 11.5. The molecule has 1 aromatic heterocycles. The number of carbonyl (C=O) groups excluding carboxylic acids is 1. The monoisotopic (exact) mass is 295 g/mol. The van der Waals surface area contributed by atoms with Gasteiger partial charge in [0.25, 0.3) is 0 Å². The first-order valence-corrected chi connectivity index (χ1v) is 6.30. The number of nitrogens with zero attached hydrogens (tertiary/aromatic N) is 1. The van der Waals surface area contributed by atoms with E-state index in [-0.39, 0.29) is 6.03 Å². The summed E-state index contributed by atoms with van der Waals surface area (Å²) in [5.41, 5.74) is 0.962. The van der Waals surface area contributed by atoms with E-state index < -0.39 is 0 Å². The van der Waals surface area contributed by atoms with Crippen molar-refractivity contribution in [1.82, 2.24) is 10.3 Å². The van der Waals surface area contributed by atoms with Gasteiger partial charge in [0.15, 0.2) is 0 Å². The highest BCUT2D eigenvalue weighted by atomic mass is 35.5. The van der Waals surface area contributed by atoms with E-state index >= 15 is 0 Å². The number of anilines is 1. The van der Waals surface area contributed by atoms with E-state index in [2.05, 4.69) is 15.6 Å². The van der Waals surface area contributed by atoms with Crippen molar-refractivity contribution < 1.29 is 4.79 Å². The summed E-state index contributed by atoms with van der Waals surface area (Å²) in [7, 11) is 0. The first-order valence-electron chi connectivity index (χ1n) is 5.54. The van der Waals surface area contributed by atoms with Crippen LogP contribution in [0.1, 0.15) is 5.56 Å². The molecule has 0 aliphatic rings. The first-order chi connectivity index (χ1) is 9.13. The van der Waals surface area contributed by atoms with Crippen molar-refractivity contribution in [3.05, 3.63) is 58.2 Å². The maximum Gasteiger partial charge on any atom is 0.320 e. The van der Waals surface area contributed by atoms with Crippen molar-refractivity contribution in [3.63, 3.8) is 0 Å². The van der Waals surface area contributed by atoms with Crippen molar-refractivity contribution in [3.8, 4) is 0 Å². The highest BCUT2D eigenvalue weighted by Gasteiger charge is 2.02. The molecule has 0 radical (unpaired) electrons. The molecule has 2 N–H and O–H groups in total. The number of carbonyl (C=O) groups is 1. The normalized spacial score (nSPS) is 10.0. The molecule has 19 heavy (non-hydrogen) atoms. The topological polar surface area (TPSA) is 54.0 Å². The quantitative estimate of drug-likeness (QED) is 0.907. The summed E-state index contributed by atoms with van der Waals surface area (Å²) in [5, 5.41) is 6.51.